The van der Waals surface area contributed by atoms with E-state index in [-0.39, 0.29) is 29.2 Å². The fourth-order valence-corrected chi connectivity index (χ4v) is 3.40. The number of carboxylic acids is 1. The van der Waals surface area contributed by atoms with Gasteiger partial charge < -0.3 is 26.5 Å². The summed E-state index contributed by atoms with van der Waals surface area (Å²) < 4.78 is 0. The van der Waals surface area contributed by atoms with Gasteiger partial charge in [-0.25, -0.2) is 14.8 Å². The molecule has 0 aliphatic carbocycles. The third kappa shape index (κ3) is 4.53. The number of carbonyl (C=O) groups is 3. The molecular weight excluding hydrogens is 444 g/mol. The highest BCUT2D eigenvalue weighted by atomic mass is 16.4. The first kappa shape index (κ1) is 22.4. The monoisotopic (exact) mass is 464 g/mol. The van der Waals surface area contributed by atoms with Crippen LogP contribution < -0.4 is 21.9 Å². The van der Waals surface area contributed by atoms with E-state index in [0.717, 1.165) is 22.7 Å². The number of nitrogens with one attached hydrogen (secondary N) is 4. The molecule has 1 aromatic carbocycles. The van der Waals surface area contributed by atoms with Crippen LogP contribution in [0.1, 0.15) is 23.0 Å². The summed E-state index contributed by atoms with van der Waals surface area (Å²) in [5.41, 5.74) is 6.03. The van der Waals surface area contributed by atoms with E-state index in [9.17, 15) is 24.3 Å². The molecule has 34 heavy (non-hydrogen) atoms. The maximum atomic E-state index is 12.6. The van der Waals surface area contributed by atoms with Gasteiger partial charge in [-0.05, 0) is 18.6 Å². The van der Waals surface area contributed by atoms with E-state index in [1.165, 1.54) is 6.92 Å². The van der Waals surface area contributed by atoms with Crippen LogP contribution in [0.3, 0.4) is 0 Å². The highest BCUT2D eigenvalue weighted by Crippen LogP contribution is 2.19. The van der Waals surface area contributed by atoms with Crippen LogP contribution in [0.2, 0.25) is 0 Å². The topological polar surface area (TPSA) is 209 Å². The van der Waals surface area contributed by atoms with Gasteiger partial charge in [-0.1, -0.05) is 18.2 Å². The van der Waals surface area contributed by atoms with Crippen LogP contribution in [0.4, 0.5) is 5.95 Å². The third-order valence-electron chi connectivity index (χ3n) is 5.12. The fourth-order valence-electron chi connectivity index (χ4n) is 3.40. The maximum Gasteiger partial charge on any atom is 0.326 e. The van der Waals surface area contributed by atoms with Gasteiger partial charge in [0.05, 0.1) is 6.20 Å². The second kappa shape index (κ2) is 8.97. The van der Waals surface area contributed by atoms with E-state index in [4.69, 9.17) is 5.73 Å². The molecule has 0 fully saturated rings. The van der Waals surface area contributed by atoms with Gasteiger partial charge in [0.25, 0.3) is 11.5 Å². The molecule has 3 heterocycles. The molecular formula is C21H20N8O5. The average molecular weight is 464 g/mol. The smallest absolute Gasteiger partial charge is 0.326 e. The van der Waals surface area contributed by atoms with Crippen LogP contribution in [-0.4, -0.2) is 59.9 Å². The van der Waals surface area contributed by atoms with E-state index in [1.807, 2.05) is 24.3 Å². The number of aromatic amines is 2. The first-order valence-corrected chi connectivity index (χ1v) is 10.1. The number of hydrogen-bond donors (Lipinski definition) is 6. The Kier molecular flexibility index (Phi) is 5.91. The van der Waals surface area contributed by atoms with Crippen molar-refractivity contribution in [2.75, 3.05) is 5.73 Å². The molecule has 2 atom stereocenters. The molecule has 2 amide bonds. The summed E-state index contributed by atoms with van der Waals surface area (Å²) in [5, 5.41) is 15.3. The standard InChI is InChI=1S/C21H20N8O5/c1-9(25-18(31)14-8-24-15-16(26-14)28-21(22)29-19(15)32)17(30)27-13(20(33)34)6-10-7-23-12-5-3-2-4-11(10)12/h2-5,7-9,13,23H,6H2,1H3,(H,25,31)(H,27,30)(H,33,34)(H3,22,26,28,29,32)/t9-,13-/m0/s1. The summed E-state index contributed by atoms with van der Waals surface area (Å²) >= 11 is 0. The van der Waals surface area contributed by atoms with Gasteiger partial charge in [0.1, 0.15) is 17.8 Å². The summed E-state index contributed by atoms with van der Waals surface area (Å²) in [6.45, 7) is 1.40. The summed E-state index contributed by atoms with van der Waals surface area (Å²) in [5.74, 6) is -2.87. The number of benzene rings is 1. The Morgan fingerprint density at radius 1 is 1.18 bits per heavy atom. The van der Waals surface area contributed by atoms with Crippen LogP contribution >= 0.6 is 0 Å². The van der Waals surface area contributed by atoms with Gasteiger partial charge >= 0.3 is 5.97 Å². The molecule has 4 rings (SSSR count). The molecule has 0 unspecified atom stereocenters. The van der Waals surface area contributed by atoms with Gasteiger partial charge in [-0.2, -0.15) is 4.98 Å². The summed E-state index contributed by atoms with van der Waals surface area (Å²) in [6, 6.07) is 5.09. The number of carboxylic acid groups (broad SMARTS) is 1. The zero-order valence-corrected chi connectivity index (χ0v) is 17.8. The van der Waals surface area contributed by atoms with Gasteiger partial charge in [-0.3, -0.25) is 19.4 Å². The summed E-state index contributed by atoms with van der Waals surface area (Å²) in [7, 11) is 0. The lowest BCUT2D eigenvalue weighted by atomic mass is 10.0. The molecule has 0 aliphatic rings. The highest BCUT2D eigenvalue weighted by molar-refractivity contribution is 5.97. The zero-order chi connectivity index (χ0) is 24.4. The predicted octanol–water partition coefficient (Wildman–Crippen LogP) is -0.293. The number of anilines is 1. The number of para-hydroxylation sites is 1. The van der Waals surface area contributed by atoms with Crippen molar-refractivity contribution in [1.29, 1.82) is 0 Å². The summed E-state index contributed by atoms with van der Waals surface area (Å²) in [4.78, 5) is 65.7. The van der Waals surface area contributed by atoms with Crippen molar-refractivity contribution in [2.45, 2.75) is 25.4 Å². The van der Waals surface area contributed by atoms with Crippen molar-refractivity contribution < 1.29 is 19.5 Å². The van der Waals surface area contributed by atoms with Crippen LogP contribution in [-0.2, 0) is 16.0 Å². The normalized spacial score (nSPS) is 12.9. The van der Waals surface area contributed by atoms with Crippen molar-refractivity contribution in [2.24, 2.45) is 0 Å². The first-order chi connectivity index (χ1) is 16.2. The molecule has 4 aromatic rings. The van der Waals surface area contributed by atoms with E-state index in [1.54, 1.807) is 6.20 Å². The molecule has 13 nitrogen and oxygen atoms in total. The lowest BCUT2D eigenvalue weighted by molar-refractivity contribution is -0.142. The Bertz CT molecular complexity index is 1480. The van der Waals surface area contributed by atoms with Gasteiger partial charge in [0.2, 0.25) is 11.9 Å². The molecule has 0 saturated carbocycles. The molecule has 0 saturated heterocycles. The zero-order valence-electron chi connectivity index (χ0n) is 17.8. The van der Waals surface area contributed by atoms with Crippen molar-refractivity contribution in [3.8, 4) is 0 Å². The second-order valence-corrected chi connectivity index (χ2v) is 7.54. The SMILES string of the molecule is C[C@H](NC(=O)c1cnc2c(=O)[nH]c(N)nc2n1)C(=O)N[C@@H](Cc1c[nH]c2ccccc12)C(=O)O. The molecule has 174 valence electrons. The number of aliphatic carboxylic acids is 1. The molecule has 3 aromatic heterocycles. The number of aromatic nitrogens is 5. The predicted molar refractivity (Wildman–Crippen MR) is 121 cm³/mol. The van der Waals surface area contributed by atoms with Crippen molar-refractivity contribution in [3.05, 3.63) is 58.3 Å². The number of carbonyl (C=O) groups excluding carboxylic acids is 2. The number of nitrogen functional groups attached to an aromatic ring is 1. The van der Waals surface area contributed by atoms with E-state index >= 15 is 0 Å². The van der Waals surface area contributed by atoms with Crippen molar-refractivity contribution >= 4 is 45.8 Å². The lowest BCUT2D eigenvalue weighted by Gasteiger charge is -2.18. The van der Waals surface area contributed by atoms with E-state index < -0.39 is 35.4 Å². The minimum atomic E-state index is -1.22. The van der Waals surface area contributed by atoms with Crippen LogP contribution in [0, 0.1) is 0 Å². The average Bonchev–Trinajstić information content (AvgIpc) is 3.20. The number of fused-ring (bicyclic) bond motifs is 2. The number of amides is 2. The number of H-pyrrole nitrogens is 2. The number of nitrogens with zero attached hydrogens (tertiary/aromatic N) is 3. The lowest BCUT2D eigenvalue weighted by Crippen LogP contribution is -2.51. The Labute approximate surface area is 190 Å². The Hall–Kier alpha value is -4.81. The van der Waals surface area contributed by atoms with Crippen LogP contribution in [0.15, 0.2) is 41.5 Å². The molecule has 0 aliphatic heterocycles. The van der Waals surface area contributed by atoms with Crippen LogP contribution in [0.25, 0.3) is 22.1 Å². The maximum absolute atomic E-state index is 12.6. The van der Waals surface area contributed by atoms with Crippen LogP contribution in [0.5, 0.6) is 0 Å². The molecule has 13 heteroatoms. The molecule has 7 N–H and O–H groups in total. The summed E-state index contributed by atoms with van der Waals surface area (Å²) in [6.07, 6.45) is 2.80. The first-order valence-electron chi connectivity index (χ1n) is 10.1. The van der Waals surface area contributed by atoms with Crippen molar-refractivity contribution in [3.63, 3.8) is 0 Å². The molecule has 0 spiro atoms. The molecule has 0 radical (unpaired) electrons. The Balaban J connectivity index is 1.44. The van der Waals surface area contributed by atoms with E-state index in [2.05, 4.69) is 35.6 Å². The quantitative estimate of drug-likeness (QED) is 0.212. The van der Waals surface area contributed by atoms with Crippen molar-refractivity contribution in [1.82, 2.24) is 35.6 Å². The van der Waals surface area contributed by atoms with Gasteiger partial charge in [0, 0.05) is 23.5 Å². The number of rotatable bonds is 7. The van der Waals surface area contributed by atoms with Gasteiger partial charge in [-0.15, -0.1) is 0 Å². The largest absolute Gasteiger partial charge is 0.480 e. The van der Waals surface area contributed by atoms with Gasteiger partial charge in [0.15, 0.2) is 11.2 Å². The number of nitrogens with two attached hydrogens (primary N) is 1. The fraction of sp³-hybridized carbons (Fsp3) is 0.190. The second-order valence-electron chi connectivity index (χ2n) is 7.54. The minimum absolute atomic E-state index is 0.0452. The Morgan fingerprint density at radius 3 is 2.71 bits per heavy atom. The minimum Gasteiger partial charge on any atom is -0.480 e. The number of hydrogen-bond acceptors (Lipinski definition) is 8. The molecule has 0 bridgehead atoms. The van der Waals surface area contributed by atoms with E-state index in [0.29, 0.717) is 0 Å². The highest BCUT2D eigenvalue weighted by Gasteiger charge is 2.26. The third-order valence-corrected chi connectivity index (χ3v) is 5.12. The Morgan fingerprint density at radius 2 is 1.94 bits per heavy atom.